The fraction of sp³-hybridized carbons (Fsp3) is 0.310. The molecule has 3 aromatic carbocycles. The predicted molar refractivity (Wildman–Crippen MR) is 146 cm³/mol. The quantitative estimate of drug-likeness (QED) is 0.429. The number of hydrogen-bond donors (Lipinski definition) is 1. The Labute approximate surface area is 224 Å². The van der Waals surface area contributed by atoms with Crippen molar-refractivity contribution in [1.29, 1.82) is 0 Å². The summed E-state index contributed by atoms with van der Waals surface area (Å²) in [6.07, 6.45) is 0. The van der Waals surface area contributed by atoms with E-state index in [-0.39, 0.29) is 23.0 Å². The molecule has 0 bridgehead atoms. The van der Waals surface area contributed by atoms with Gasteiger partial charge in [0.25, 0.3) is 10.0 Å². The Bertz CT molecular complexity index is 1370. The highest BCUT2D eigenvalue weighted by atomic mass is 32.2. The van der Waals surface area contributed by atoms with Crippen LogP contribution in [-0.4, -0.2) is 43.3 Å². The SMILES string of the molecule is Cc1cccc(CN(C(=O)CN(c2ccc(F)cc2)S(=O)(=O)c2ccccc2)C(C)C(=O)NC(C)(C)C)c1. The van der Waals surface area contributed by atoms with Crippen LogP contribution in [0.3, 0.4) is 0 Å². The van der Waals surface area contributed by atoms with Gasteiger partial charge in [-0.3, -0.25) is 13.9 Å². The van der Waals surface area contributed by atoms with Crippen LogP contribution < -0.4 is 9.62 Å². The van der Waals surface area contributed by atoms with Crippen molar-refractivity contribution in [3.63, 3.8) is 0 Å². The number of aryl methyl sites for hydroxylation is 1. The number of carbonyl (C=O) groups excluding carboxylic acids is 2. The van der Waals surface area contributed by atoms with Gasteiger partial charge >= 0.3 is 0 Å². The van der Waals surface area contributed by atoms with Crippen LogP contribution in [0.15, 0.2) is 83.8 Å². The monoisotopic (exact) mass is 539 g/mol. The lowest BCUT2D eigenvalue weighted by molar-refractivity contribution is -0.140. The third-order valence-electron chi connectivity index (χ3n) is 5.83. The largest absolute Gasteiger partial charge is 0.350 e. The van der Waals surface area contributed by atoms with Gasteiger partial charge in [-0.25, -0.2) is 12.8 Å². The lowest BCUT2D eigenvalue weighted by atomic mass is 10.1. The van der Waals surface area contributed by atoms with Gasteiger partial charge in [-0.05, 0) is 76.6 Å². The maximum absolute atomic E-state index is 13.8. The molecule has 2 amide bonds. The van der Waals surface area contributed by atoms with E-state index < -0.39 is 39.9 Å². The molecular formula is C29H34FN3O4S. The minimum absolute atomic E-state index is 0.0131. The average Bonchev–Trinajstić information content (AvgIpc) is 2.85. The summed E-state index contributed by atoms with van der Waals surface area (Å²) >= 11 is 0. The van der Waals surface area contributed by atoms with E-state index in [0.717, 1.165) is 27.6 Å². The maximum atomic E-state index is 13.8. The molecule has 0 saturated carbocycles. The van der Waals surface area contributed by atoms with Crippen molar-refractivity contribution in [3.05, 3.63) is 95.8 Å². The van der Waals surface area contributed by atoms with Gasteiger partial charge in [-0.2, -0.15) is 0 Å². The molecule has 0 saturated heterocycles. The van der Waals surface area contributed by atoms with Crippen molar-refractivity contribution in [2.45, 2.75) is 57.6 Å². The molecular weight excluding hydrogens is 505 g/mol. The van der Waals surface area contributed by atoms with Gasteiger partial charge in [0, 0.05) is 12.1 Å². The molecule has 3 aromatic rings. The Morgan fingerprint density at radius 3 is 2.16 bits per heavy atom. The van der Waals surface area contributed by atoms with E-state index in [1.54, 1.807) is 25.1 Å². The van der Waals surface area contributed by atoms with Crippen LogP contribution in [-0.2, 0) is 26.2 Å². The van der Waals surface area contributed by atoms with Gasteiger partial charge in [0.15, 0.2) is 0 Å². The van der Waals surface area contributed by atoms with Crippen LogP contribution in [0.1, 0.15) is 38.8 Å². The fourth-order valence-corrected chi connectivity index (χ4v) is 5.35. The van der Waals surface area contributed by atoms with Gasteiger partial charge < -0.3 is 10.2 Å². The van der Waals surface area contributed by atoms with E-state index in [2.05, 4.69) is 5.32 Å². The molecule has 0 fully saturated rings. The molecule has 7 nitrogen and oxygen atoms in total. The molecule has 1 N–H and O–H groups in total. The lowest BCUT2D eigenvalue weighted by Gasteiger charge is -2.33. The Morgan fingerprint density at radius 1 is 0.947 bits per heavy atom. The number of amides is 2. The third kappa shape index (κ3) is 7.41. The molecule has 0 spiro atoms. The zero-order valence-electron chi connectivity index (χ0n) is 22.3. The van der Waals surface area contributed by atoms with Gasteiger partial charge in [0.05, 0.1) is 10.6 Å². The summed E-state index contributed by atoms with van der Waals surface area (Å²) in [5, 5.41) is 2.89. The minimum Gasteiger partial charge on any atom is -0.350 e. The van der Waals surface area contributed by atoms with E-state index in [9.17, 15) is 22.4 Å². The number of benzene rings is 3. The minimum atomic E-state index is -4.19. The fourth-order valence-electron chi connectivity index (χ4n) is 3.92. The molecule has 38 heavy (non-hydrogen) atoms. The van der Waals surface area contributed by atoms with Crippen LogP contribution >= 0.6 is 0 Å². The second-order valence-corrected chi connectivity index (χ2v) is 12.1. The van der Waals surface area contributed by atoms with Crippen LogP contribution in [0.25, 0.3) is 0 Å². The van der Waals surface area contributed by atoms with Crippen molar-refractivity contribution < 1.29 is 22.4 Å². The summed E-state index contributed by atoms with van der Waals surface area (Å²) in [5.41, 5.74) is 1.39. The first-order valence-corrected chi connectivity index (χ1v) is 13.7. The number of anilines is 1. The van der Waals surface area contributed by atoms with E-state index in [1.165, 1.54) is 29.2 Å². The molecule has 1 atom stereocenters. The maximum Gasteiger partial charge on any atom is 0.264 e. The number of halogens is 1. The zero-order valence-corrected chi connectivity index (χ0v) is 23.1. The molecule has 202 valence electrons. The second kappa shape index (κ2) is 11.8. The molecule has 1 unspecified atom stereocenters. The number of carbonyl (C=O) groups is 2. The normalized spacial score (nSPS) is 12.5. The Balaban J connectivity index is 2.02. The number of nitrogens with zero attached hydrogens (tertiary/aromatic N) is 2. The van der Waals surface area contributed by atoms with Gasteiger partial charge in [-0.1, -0.05) is 48.0 Å². The summed E-state index contributed by atoms with van der Waals surface area (Å²) in [6, 6.07) is 19.3. The van der Waals surface area contributed by atoms with Crippen molar-refractivity contribution in [2.24, 2.45) is 0 Å². The van der Waals surface area contributed by atoms with Crippen LogP contribution in [0.5, 0.6) is 0 Å². The highest BCUT2D eigenvalue weighted by Crippen LogP contribution is 2.25. The predicted octanol–water partition coefficient (Wildman–Crippen LogP) is 4.66. The molecule has 0 aliphatic carbocycles. The summed E-state index contributed by atoms with van der Waals surface area (Å²) in [6.45, 7) is 8.58. The van der Waals surface area contributed by atoms with Gasteiger partial charge in [0.1, 0.15) is 18.4 Å². The number of nitrogens with one attached hydrogen (secondary N) is 1. The van der Waals surface area contributed by atoms with Gasteiger partial charge in [-0.15, -0.1) is 0 Å². The summed E-state index contributed by atoms with van der Waals surface area (Å²) in [7, 11) is -4.19. The summed E-state index contributed by atoms with van der Waals surface area (Å²) < 4.78 is 41.9. The molecule has 3 rings (SSSR count). The van der Waals surface area contributed by atoms with E-state index >= 15 is 0 Å². The standard InChI is InChI=1S/C29H34FN3O4S/c1-21-10-9-11-23(18-21)19-32(22(2)28(35)31-29(3,4)5)27(34)20-33(25-16-14-24(30)15-17-25)38(36,37)26-12-7-6-8-13-26/h6-18,22H,19-20H2,1-5H3,(H,31,35). The first kappa shape index (κ1) is 28.8. The molecule has 0 aromatic heterocycles. The Hall–Kier alpha value is -3.72. The topological polar surface area (TPSA) is 86.8 Å². The smallest absolute Gasteiger partial charge is 0.264 e. The molecule has 0 aliphatic heterocycles. The van der Waals surface area contributed by atoms with Crippen LogP contribution in [0.2, 0.25) is 0 Å². The highest BCUT2D eigenvalue weighted by molar-refractivity contribution is 7.92. The highest BCUT2D eigenvalue weighted by Gasteiger charge is 2.33. The first-order chi connectivity index (χ1) is 17.8. The number of sulfonamides is 1. The van der Waals surface area contributed by atoms with E-state index in [1.807, 2.05) is 52.0 Å². The summed E-state index contributed by atoms with van der Waals surface area (Å²) in [5.74, 6) is -1.48. The first-order valence-electron chi connectivity index (χ1n) is 12.3. The molecule has 0 radical (unpaired) electrons. The zero-order chi connectivity index (χ0) is 28.1. The molecule has 0 aliphatic rings. The van der Waals surface area contributed by atoms with Crippen LogP contribution in [0, 0.1) is 12.7 Å². The number of hydrogen-bond acceptors (Lipinski definition) is 4. The third-order valence-corrected chi connectivity index (χ3v) is 7.61. The van der Waals surface area contributed by atoms with Crippen molar-refractivity contribution in [2.75, 3.05) is 10.8 Å². The average molecular weight is 540 g/mol. The Morgan fingerprint density at radius 2 is 1.58 bits per heavy atom. The molecule has 9 heteroatoms. The number of rotatable bonds is 9. The van der Waals surface area contributed by atoms with Crippen molar-refractivity contribution in [1.82, 2.24) is 10.2 Å². The molecule has 0 heterocycles. The van der Waals surface area contributed by atoms with Gasteiger partial charge in [0.2, 0.25) is 11.8 Å². The van der Waals surface area contributed by atoms with Crippen molar-refractivity contribution in [3.8, 4) is 0 Å². The summed E-state index contributed by atoms with van der Waals surface area (Å²) in [4.78, 5) is 28.3. The van der Waals surface area contributed by atoms with E-state index in [0.29, 0.717) is 0 Å². The van der Waals surface area contributed by atoms with Crippen LogP contribution in [0.4, 0.5) is 10.1 Å². The Kier molecular flexibility index (Phi) is 8.93. The van der Waals surface area contributed by atoms with Crippen molar-refractivity contribution >= 4 is 27.5 Å². The second-order valence-electron chi connectivity index (χ2n) is 10.2. The van der Waals surface area contributed by atoms with E-state index in [4.69, 9.17) is 0 Å². The lowest BCUT2D eigenvalue weighted by Crippen LogP contribution is -2.54.